The molecule has 0 aromatic heterocycles. The highest BCUT2D eigenvalue weighted by Gasteiger charge is 2.32. The minimum atomic E-state index is -0.0803. The van der Waals surface area contributed by atoms with E-state index in [2.05, 4.69) is 16.3 Å². The van der Waals surface area contributed by atoms with Crippen LogP contribution in [0.25, 0.3) is 0 Å². The fraction of sp³-hybridized carbons (Fsp3) is 0.429. The van der Waals surface area contributed by atoms with Crippen molar-refractivity contribution in [2.75, 3.05) is 54.6 Å². The van der Waals surface area contributed by atoms with Crippen LogP contribution in [0.3, 0.4) is 0 Å². The number of benzene rings is 2. The van der Waals surface area contributed by atoms with Crippen molar-refractivity contribution < 1.29 is 18.9 Å². The highest BCUT2D eigenvalue weighted by molar-refractivity contribution is 5.56. The van der Waals surface area contributed by atoms with Crippen molar-refractivity contribution in [3.63, 3.8) is 0 Å². The van der Waals surface area contributed by atoms with E-state index in [1.165, 1.54) is 0 Å². The lowest BCUT2D eigenvalue weighted by Crippen LogP contribution is -2.45. The molecule has 0 bridgehead atoms. The number of nitrogens with zero attached hydrogens (tertiary/aromatic N) is 1. The molecule has 0 radical (unpaired) electrons. The Hall–Kier alpha value is -2.44. The van der Waals surface area contributed by atoms with Crippen molar-refractivity contribution >= 4 is 0 Å². The standard InChI is InChI=1S/C21H28N2O4/c1-24-16-8-6-9-17(25-2)19(16)20(23-13-11-22-12-14-23)15-7-5-10-18(26-3)21(15)27-4/h5-10,20,22H,11-14H2,1-4H3. The van der Waals surface area contributed by atoms with E-state index < -0.39 is 0 Å². The Labute approximate surface area is 161 Å². The topological polar surface area (TPSA) is 52.2 Å². The maximum atomic E-state index is 5.76. The first kappa shape index (κ1) is 19.3. The molecule has 0 spiro atoms. The highest BCUT2D eigenvalue weighted by Crippen LogP contribution is 2.45. The average molecular weight is 372 g/mol. The Morgan fingerprint density at radius 1 is 0.778 bits per heavy atom. The largest absolute Gasteiger partial charge is 0.496 e. The average Bonchev–Trinajstić information content (AvgIpc) is 2.74. The molecule has 146 valence electrons. The van der Waals surface area contributed by atoms with Crippen molar-refractivity contribution in [2.24, 2.45) is 0 Å². The second kappa shape index (κ2) is 8.97. The SMILES string of the molecule is COc1cccc(C(c2c(OC)cccc2OC)N2CCNCC2)c1OC. The Morgan fingerprint density at radius 2 is 1.33 bits per heavy atom. The normalized spacial score (nSPS) is 15.9. The molecule has 2 aromatic rings. The molecule has 0 amide bonds. The molecular formula is C21H28N2O4. The Bertz CT molecular complexity index is 738. The van der Waals surface area contributed by atoms with Gasteiger partial charge in [0.2, 0.25) is 0 Å². The zero-order chi connectivity index (χ0) is 19.2. The van der Waals surface area contributed by atoms with E-state index in [1.807, 2.05) is 30.3 Å². The predicted molar refractivity (Wildman–Crippen MR) is 105 cm³/mol. The van der Waals surface area contributed by atoms with Crippen LogP contribution in [0.2, 0.25) is 0 Å². The van der Waals surface area contributed by atoms with Crippen molar-refractivity contribution in [3.8, 4) is 23.0 Å². The quantitative estimate of drug-likeness (QED) is 0.807. The fourth-order valence-electron chi connectivity index (χ4n) is 3.75. The summed E-state index contributed by atoms with van der Waals surface area (Å²) in [7, 11) is 6.71. The van der Waals surface area contributed by atoms with E-state index in [0.29, 0.717) is 5.75 Å². The van der Waals surface area contributed by atoms with Gasteiger partial charge in [-0.3, -0.25) is 4.90 Å². The van der Waals surface area contributed by atoms with Gasteiger partial charge in [0.15, 0.2) is 11.5 Å². The van der Waals surface area contributed by atoms with Gasteiger partial charge in [0.1, 0.15) is 11.5 Å². The third-order valence-electron chi connectivity index (χ3n) is 4.98. The summed E-state index contributed by atoms with van der Waals surface area (Å²) in [5.41, 5.74) is 2.03. The van der Waals surface area contributed by atoms with Crippen molar-refractivity contribution in [1.29, 1.82) is 0 Å². The molecule has 3 rings (SSSR count). The second-order valence-corrected chi connectivity index (χ2v) is 6.35. The fourth-order valence-corrected chi connectivity index (χ4v) is 3.75. The lowest BCUT2D eigenvalue weighted by Gasteiger charge is -2.37. The van der Waals surface area contributed by atoms with Gasteiger partial charge in [-0.25, -0.2) is 0 Å². The van der Waals surface area contributed by atoms with Gasteiger partial charge in [-0.05, 0) is 18.2 Å². The molecule has 1 fully saturated rings. The first-order chi connectivity index (χ1) is 13.2. The Morgan fingerprint density at radius 3 is 1.89 bits per heavy atom. The van der Waals surface area contributed by atoms with Crippen LogP contribution >= 0.6 is 0 Å². The number of piperazine rings is 1. The number of rotatable bonds is 7. The zero-order valence-corrected chi connectivity index (χ0v) is 16.5. The van der Waals surface area contributed by atoms with Crippen LogP contribution in [0.4, 0.5) is 0 Å². The maximum absolute atomic E-state index is 5.76. The van der Waals surface area contributed by atoms with Gasteiger partial charge in [-0.15, -0.1) is 0 Å². The van der Waals surface area contributed by atoms with Crippen LogP contribution in [0.5, 0.6) is 23.0 Å². The van der Waals surface area contributed by atoms with Gasteiger partial charge >= 0.3 is 0 Å². The van der Waals surface area contributed by atoms with E-state index in [-0.39, 0.29) is 6.04 Å². The molecule has 6 heteroatoms. The molecule has 1 N–H and O–H groups in total. The summed E-state index contributed by atoms with van der Waals surface area (Å²) >= 11 is 0. The smallest absolute Gasteiger partial charge is 0.165 e. The van der Waals surface area contributed by atoms with Gasteiger partial charge in [0, 0.05) is 31.7 Å². The van der Waals surface area contributed by atoms with Crippen LogP contribution in [0.15, 0.2) is 36.4 Å². The number of para-hydroxylation sites is 1. The summed E-state index contributed by atoms with van der Waals surface area (Å²) in [5, 5.41) is 3.42. The Balaban J connectivity index is 2.23. The minimum absolute atomic E-state index is 0.0803. The highest BCUT2D eigenvalue weighted by atomic mass is 16.5. The van der Waals surface area contributed by atoms with Gasteiger partial charge in [0.25, 0.3) is 0 Å². The van der Waals surface area contributed by atoms with Gasteiger partial charge in [-0.2, -0.15) is 0 Å². The summed E-state index contributed by atoms with van der Waals surface area (Å²) < 4.78 is 22.7. The van der Waals surface area contributed by atoms with E-state index in [9.17, 15) is 0 Å². The molecule has 1 unspecified atom stereocenters. The minimum Gasteiger partial charge on any atom is -0.496 e. The van der Waals surface area contributed by atoms with Gasteiger partial charge < -0.3 is 24.3 Å². The number of hydrogen-bond acceptors (Lipinski definition) is 6. The van der Waals surface area contributed by atoms with Crippen molar-refractivity contribution in [2.45, 2.75) is 6.04 Å². The molecule has 1 saturated heterocycles. The molecule has 27 heavy (non-hydrogen) atoms. The summed E-state index contributed by atoms with van der Waals surface area (Å²) in [6.45, 7) is 3.68. The Kier molecular flexibility index (Phi) is 6.42. The third-order valence-corrected chi connectivity index (χ3v) is 4.98. The van der Waals surface area contributed by atoms with Crippen LogP contribution in [-0.4, -0.2) is 59.5 Å². The molecule has 1 aliphatic heterocycles. The number of methoxy groups -OCH3 is 4. The van der Waals surface area contributed by atoms with E-state index in [0.717, 1.165) is 54.6 Å². The summed E-state index contributed by atoms with van der Waals surface area (Å²) in [5.74, 6) is 3.03. The van der Waals surface area contributed by atoms with Crippen LogP contribution in [-0.2, 0) is 0 Å². The van der Waals surface area contributed by atoms with Gasteiger partial charge in [-0.1, -0.05) is 18.2 Å². The van der Waals surface area contributed by atoms with Crippen molar-refractivity contribution in [3.05, 3.63) is 47.5 Å². The molecule has 0 aliphatic carbocycles. The lowest BCUT2D eigenvalue weighted by atomic mass is 9.93. The maximum Gasteiger partial charge on any atom is 0.165 e. The van der Waals surface area contributed by atoms with E-state index in [4.69, 9.17) is 18.9 Å². The monoisotopic (exact) mass is 372 g/mol. The molecule has 6 nitrogen and oxygen atoms in total. The third kappa shape index (κ3) is 3.82. The molecule has 1 heterocycles. The second-order valence-electron chi connectivity index (χ2n) is 6.35. The predicted octanol–water partition coefficient (Wildman–Crippen LogP) is 2.72. The number of nitrogens with one attached hydrogen (secondary N) is 1. The summed E-state index contributed by atoms with van der Waals surface area (Å²) in [4.78, 5) is 2.42. The van der Waals surface area contributed by atoms with Crippen LogP contribution in [0, 0.1) is 0 Å². The van der Waals surface area contributed by atoms with Crippen LogP contribution < -0.4 is 24.3 Å². The molecule has 2 aromatic carbocycles. The van der Waals surface area contributed by atoms with Crippen LogP contribution in [0.1, 0.15) is 17.2 Å². The van der Waals surface area contributed by atoms with Crippen molar-refractivity contribution in [1.82, 2.24) is 10.2 Å². The first-order valence-corrected chi connectivity index (χ1v) is 9.11. The first-order valence-electron chi connectivity index (χ1n) is 9.11. The number of ether oxygens (including phenoxy) is 4. The molecule has 1 aliphatic rings. The number of hydrogen-bond donors (Lipinski definition) is 1. The van der Waals surface area contributed by atoms with Gasteiger partial charge in [0.05, 0.1) is 40.0 Å². The zero-order valence-electron chi connectivity index (χ0n) is 16.5. The van der Waals surface area contributed by atoms with E-state index >= 15 is 0 Å². The molecule has 0 saturated carbocycles. The summed E-state index contributed by atoms with van der Waals surface area (Å²) in [6.07, 6.45) is 0. The molecular weight excluding hydrogens is 344 g/mol. The lowest BCUT2D eigenvalue weighted by molar-refractivity contribution is 0.188. The molecule has 1 atom stereocenters. The van der Waals surface area contributed by atoms with E-state index in [1.54, 1.807) is 28.4 Å². The summed E-state index contributed by atoms with van der Waals surface area (Å²) in [6, 6.07) is 11.8.